The molecule has 0 radical (unpaired) electrons. The highest BCUT2D eigenvalue weighted by molar-refractivity contribution is 5.73. The van der Waals surface area contributed by atoms with E-state index in [1.165, 1.54) is 19.2 Å². The van der Waals surface area contributed by atoms with Gasteiger partial charge < -0.3 is 15.2 Å². The average molecular weight is 269 g/mol. The SMILES string of the molecule is CCC[C@H](OCCC(N)=O)c1cc(F)ccc1OC. The summed E-state index contributed by atoms with van der Waals surface area (Å²) in [5, 5.41) is 0. The summed E-state index contributed by atoms with van der Waals surface area (Å²) in [5.41, 5.74) is 5.73. The third-order valence-electron chi connectivity index (χ3n) is 2.76. The Balaban J connectivity index is 2.84. The maximum Gasteiger partial charge on any atom is 0.219 e. The lowest BCUT2D eigenvalue weighted by molar-refractivity contribution is -0.119. The zero-order valence-electron chi connectivity index (χ0n) is 11.3. The van der Waals surface area contributed by atoms with E-state index in [4.69, 9.17) is 15.2 Å². The number of halogens is 1. The Bertz CT molecular complexity index is 423. The molecule has 0 unspecified atom stereocenters. The second-order valence-corrected chi connectivity index (χ2v) is 4.25. The molecular weight excluding hydrogens is 249 g/mol. The number of benzene rings is 1. The fourth-order valence-corrected chi connectivity index (χ4v) is 1.85. The molecule has 19 heavy (non-hydrogen) atoms. The molecule has 5 heteroatoms. The Morgan fingerprint density at radius 1 is 1.47 bits per heavy atom. The van der Waals surface area contributed by atoms with Crippen molar-refractivity contribution < 1.29 is 18.7 Å². The summed E-state index contributed by atoms with van der Waals surface area (Å²) in [6, 6.07) is 4.32. The highest BCUT2D eigenvalue weighted by Gasteiger charge is 2.17. The van der Waals surface area contributed by atoms with Gasteiger partial charge in [-0.2, -0.15) is 0 Å². The summed E-state index contributed by atoms with van der Waals surface area (Å²) >= 11 is 0. The van der Waals surface area contributed by atoms with Gasteiger partial charge in [0, 0.05) is 12.0 Å². The van der Waals surface area contributed by atoms with Gasteiger partial charge in [-0.05, 0) is 24.6 Å². The molecule has 0 bridgehead atoms. The maximum absolute atomic E-state index is 13.3. The maximum atomic E-state index is 13.3. The summed E-state index contributed by atoms with van der Waals surface area (Å²) in [7, 11) is 1.53. The van der Waals surface area contributed by atoms with Gasteiger partial charge in [0.1, 0.15) is 11.6 Å². The predicted molar refractivity (Wildman–Crippen MR) is 70.4 cm³/mol. The zero-order chi connectivity index (χ0) is 14.3. The van der Waals surface area contributed by atoms with E-state index in [1.807, 2.05) is 6.92 Å². The summed E-state index contributed by atoms with van der Waals surface area (Å²) in [5.74, 6) is -0.171. The molecule has 1 amide bonds. The molecule has 1 aromatic rings. The normalized spacial score (nSPS) is 12.2. The summed E-state index contributed by atoms with van der Waals surface area (Å²) in [6.07, 6.45) is 1.45. The van der Waals surface area contributed by atoms with Crippen LogP contribution >= 0.6 is 0 Å². The first kappa shape index (κ1) is 15.4. The van der Waals surface area contributed by atoms with Crippen LogP contribution in [0.1, 0.15) is 37.9 Å². The Hall–Kier alpha value is -1.62. The number of methoxy groups -OCH3 is 1. The third-order valence-corrected chi connectivity index (χ3v) is 2.76. The number of ether oxygens (including phenoxy) is 2. The molecular formula is C14H20FNO3. The molecule has 0 aliphatic carbocycles. The van der Waals surface area contributed by atoms with Gasteiger partial charge in [-0.15, -0.1) is 0 Å². The van der Waals surface area contributed by atoms with Crippen molar-refractivity contribution in [2.24, 2.45) is 5.73 Å². The molecule has 1 aromatic carbocycles. The van der Waals surface area contributed by atoms with Crippen LogP contribution < -0.4 is 10.5 Å². The number of nitrogens with two attached hydrogens (primary N) is 1. The Morgan fingerprint density at radius 3 is 2.79 bits per heavy atom. The van der Waals surface area contributed by atoms with Crippen molar-refractivity contribution in [3.8, 4) is 5.75 Å². The molecule has 1 rings (SSSR count). The van der Waals surface area contributed by atoms with E-state index in [2.05, 4.69) is 0 Å². The first-order valence-electron chi connectivity index (χ1n) is 6.31. The van der Waals surface area contributed by atoms with Gasteiger partial charge in [0.2, 0.25) is 5.91 Å². The molecule has 0 spiro atoms. The highest BCUT2D eigenvalue weighted by atomic mass is 19.1. The molecule has 0 saturated heterocycles. The molecule has 0 fully saturated rings. The zero-order valence-corrected chi connectivity index (χ0v) is 11.3. The lowest BCUT2D eigenvalue weighted by Gasteiger charge is -2.20. The number of hydrogen-bond donors (Lipinski definition) is 1. The number of amides is 1. The van der Waals surface area contributed by atoms with Crippen LogP contribution in [0.25, 0.3) is 0 Å². The molecule has 2 N–H and O–H groups in total. The number of rotatable bonds is 8. The van der Waals surface area contributed by atoms with E-state index in [-0.39, 0.29) is 24.9 Å². The molecule has 0 heterocycles. The van der Waals surface area contributed by atoms with Crippen LogP contribution in [0.2, 0.25) is 0 Å². The quantitative estimate of drug-likeness (QED) is 0.789. The highest BCUT2D eigenvalue weighted by Crippen LogP contribution is 2.31. The standard InChI is InChI=1S/C14H20FNO3/c1-3-4-13(19-8-7-14(16)17)11-9-10(15)5-6-12(11)18-2/h5-6,9,13H,3-4,7-8H2,1-2H3,(H2,16,17)/t13-/m0/s1. The molecule has 0 aliphatic heterocycles. The van der Waals surface area contributed by atoms with E-state index in [1.54, 1.807) is 6.07 Å². The number of carbonyl (C=O) groups is 1. The van der Waals surface area contributed by atoms with Crippen molar-refractivity contribution in [2.75, 3.05) is 13.7 Å². The topological polar surface area (TPSA) is 61.5 Å². The number of hydrogen-bond acceptors (Lipinski definition) is 3. The Kier molecular flexibility index (Phi) is 6.29. The van der Waals surface area contributed by atoms with Crippen molar-refractivity contribution in [2.45, 2.75) is 32.3 Å². The van der Waals surface area contributed by atoms with E-state index in [0.29, 0.717) is 11.3 Å². The van der Waals surface area contributed by atoms with Crippen LogP contribution in [-0.2, 0) is 9.53 Å². The van der Waals surface area contributed by atoms with Crippen LogP contribution in [0.5, 0.6) is 5.75 Å². The van der Waals surface area contributed by atoms with Crippen molar-refractivity contribution >= 4 is 5.91 Å². The minimum absolute atomic E-state index is 0.151. The summed E-state index contributed by atoms with van der Waals surface area (Å²) in [4.78, 5) is 10.7. The van der Waals surface area contributed by atoms with Gasteiger partial charge in [0.25, 0.3) is 0 Å². The number of primary amides is 1. The Morgan fingerprint density at radius 2 is 2.21 bits per heavy atom. The fourth-order valence-electron chi connectivity index (χ4n) is 1.85. The van der Waals surface area contributed by atoms with Crippen molar-refractivity contribution in [3.63, 3.8) is 0 Å². The van der Waals surface area contributed by atoms with Gasteiger partial charge >= 0.3 is 0 Å². The molecule has 0 saturated carbocycles. The third kappa shape index (κ3) is 4.87. The van der Waals surface area contributed by atoms with E-state index in [0.717, 1.165) is 12.8 Å². The average Bonchev–Trinajstić information content (AvgIpc) is 2.37. The van der Waals surface area contributed by atoms with Crippen LogP contribution in [0, 0.1) is 5.82 Å². The van der Waals surface area contributed by atoms with Crippen LogP contribution in [0.3, 0.4) is 0 Å². The van der Waals surface area contributed by atoms with Crippen molar-refractivity contribution in [1.82, 2.24) is 0 Å². The Labute approximate surface area is 112 Å². The first-order chi connectivity index (χ1) is 9.08. The van der Waals surface area contributed by atoms with Crippen molar-refractivity contribution in [3.05, 3.63) is 29.6 Å². The van der Waals surface area contributed by atoms with Gasteiger partial charge in [-0.25, -0.2) is 4.39 Å². The molecule has 0 aromatic heterocycles. The predicted octanol–water partition coefficient (Wildman–Crippen LogP) is 2.57. The van der Waals surface area contributed by atoms with E-state index in [9.17, 15) is 9.18 Å². The van der Waals surface area contributed by atoms with Crippen molar-refractivity contribution in [1.29, 1.82) is 0 Å². The molecule has 106 valence electrons. The van der Waals surface area contributed by atoms with Crippen LogP contribution in [0.4, 0.5) is 4.39 Å². The second kappa shape index (κ2) is 7.74. The van der Waals surface area contributed by atoms with Gasteiger partial charge in [0.15, 0.2) is 0 Å². The molecule has 1 atom stereocenters. The fraction of sp³-hybridized carbons (Fsp3) is 0.500. The van der Waals surface area contributed by atoms with E-state index >= 15 is 0 Å². The summed E-state index contributed by atoms with van der Waals surface area (Å²) in [6.45, 7) is 2.23. The molecule has 0 aliphatic rings. The monoisotopic (exact) mass is 269 g/mol. The number of carbonyl (C=O) groups excluding carboxylic acids is 1. The van der Waals surface area contributed by atoms with Gasteiger partial charge in [-0.3, -0.25) is 4.79 Å². The summed E-state index contributed by atoms with van der Waals surface area (Å²) < 4.78 is 24.2. The molecule has 4 nitrogen and oxygen atoms in total. The smallest absolute Gasteiger partial charge is 0.219 e. The van der Waals surface area contributed by atoms with Crippen LogP contribution in [0.15, 0.2) is 18.2 Å². The first-order valence-corrected chi connectivity index (χ1v) is 6.31. The largest absolute Gasteiger partial charge is 0.496 e. The van der Waals surface area contributed by atoms with E-state index < -0.39 is 5.91 Å². The lowest BCUT2D eigenvalue weighted by atomic mass is 10.0. The minimum atomic E-state index is -0.415. The minimum Gasteiger partial charge on any atom is -0.496 e. The second-order valence-electron chi connectivity index (χ2n) is 4.25. The van der Waals surface area contributed by atoms with Gasteiger partial charge in [-0.1, -0.05) is 13.3 Å². The van der Waals surface area contributed by atoms with Gasteiger partial charge in [0.05, 0.1) is 19.8 Å². The lowest BCUT2D eigenvalue weighted by Crippen LogP contribution is -2.15. The van der Waals surface area contributed by atoms with Crippen LogP contribution in [-0.4, -0.2) is 19.6 Å².